The highest BCUT2D eigenvalue weighted by atomic mass is 31.0. The molecule has 6 nitrogen and oxygen atoms in total. The average molecular weight is 439 g/mol. The van der Waals surface area contributed by atoms with Crippen molar-refractivity contribution in [2.75, 3.05) is 5.32 Å². The van der Waals surface area contributed by atoms with Crippen LogP contribution in [0.1, 0.15) is 63.5 Å². The number of nitrogens with one attached hydrogen (secondary N) is 1. The minimum absolute atomic E-state index is 0.00398. The molecule has 1 fully saturated rings. The monoisotopic (exact) mass is 439 g/mol. The standard InChI is InChI=1S/C18H23BF2N3O3P.C2H6/c1-17(2)18(3,4)27-19(26-17)12-8-10(20)6-7-13(12)22-16(25)11-9-24(5)23-14(11)15(21)28;1-2/h6-9,15H,28H2,1-5H3,(H,22,25);1-2H3. The molecule has 2 atom stereocenters. The normalized spacial score (nSPS) is 17.9. The number of aryl methyl sites for hydroxylation is 1. The second kappa shape index (κ2) is 9.12. The number of hydrogen-bond acceptors (Lipinski definition) is 4. The molecule has 0 bridgehead atoms. The van der Waals surface area contributed by atoms with Crippen molar-refractivity contribution in [3.05, 3.63) is 41.5 Å². The van der Waals surface area contributed by atoms with E-state index >= 15 is 0 Å². The van der Waals surface area contributed by atoms with Crippen molar-refractivity contribution in [2.24, 2.45) is 7.05 Å². The fourth-order valence-electron chi connectivity index (χ4n) is 2.89. The number of amides is 1. The van der Waals surface area contributed by atoms with Gasteiger partial charge in [-0.05, 0) is 45.9 Å². The molecule has 0 saturated carbocycles. The first kappa shape index (κ1) is 24.4. The van der Waals surface area contributed by atoms with Crippen molar-refractivity contribution in [1.29, 1.82) is 0 Å². The number of nitrogens with zero attached hydrogens (tertiary/aromatic N) is 2. The summed E-state index contributed by atoms with van der Waals surface area (Å²) in [6.07, 6.45) is 1.43. The average Bonchev–Trinajstić information content (AvgIpc) is 3.15. The molecule has 1 aromatic heterocycles. The number of carbonyl (C=O) groups excluding carboxylic acids is 1. The van der Waals surface area contributed by atoms with Crippen LogP contribution in [0, 0.1) is 5.82 Å². The third-order valence-corrected chi connectivity index (χ3v) is 5.45. The van der Waals surface area contributed by atoms with Crippen molar-refractivity contribution in [1.82, 2.24) is 9.78 Å². The Morgan fingerprint density at radius 3 is 2.33 bits per heavy atom. The molecule has 164 valence electrons. The van der Waals surface area contributed by atoms with Crippen molar-refractivity contribution in [2.45, 2.75) is 58.7 Å². The molecule has 1 N–H and O–H groups in total. The maximum atomic E-state index is 13.9. The Morgan fingerprint density at radius 2 is 1.80 bits per heavy atom. The molecule has 0 radical (unpaired) electrons. The zero-order valence-electron chi connectivity index (χ0n) is 18.4. The fraction of sp³-hybridized carbons (Fsp3) is 0.500. The molecule has 1 aromatic carbocycles. The van der Waals surface area contributed by atoms with E-state index in [9.17, 15) is 13.6 Å². The van der Waals surface area contributed by atoms with Gasteiger partial charge in [0.1, 0.15) is 11.5 Å². The summed E-state index contributed by atoms with van der Waals surface area (Å²) < 4.78 is 41.0. The summed E-state index contributed by atoms with van der Waals surface area (Å²) in [5.41, 5.74) is -0.483. The van der Waals surface area contributed by atoms with Crippen LogP contribution in [0.2, 0.25) is 0 Å². The van der Waals surface area contributed by atoms with E-state index in [1.807, 2.05) is 50.8 Å². The molecule has 1 amide bonds. The third-order valence-electron chi connectivity index (χ3n) is 5.13. The summed E-state index contributed by atoms with van der Waals surface area (Å²) in [7, 11) is 2.71. The summed E-state index contributed by atoms with van der Waals surface area (Å²) in [6.45, 7) is 11.5. The Hall–Kier alpha value is -1.83. The summed E-state index contributed by atoms with van der Waals surface area (Å²) >= 11 is 0. The van der Waals surface area contributed by atoms with Crippen LogP contribution >= 0.6 is 9.24 Å². The maximum absolute atomic E-state index is 13.9. The van der Waals surface area contributed by atoms with Crippen LogP contribution < -0.4 is 10.8 Å². The van der Waals surface area contributed by atoms with Gasteiger partial charge in [0, 0.05) is 24.4 Å². The molecule has 1 saturated heterocycles. The van der Waals surface area contributed by atoms with E-state index in [0.717, 1.165) is 0 Å². The summed E-state index contributed by atoms with van der Waals surface area (Å²) in [5, 5.41) is 6.67. The maximum Gasteiger partial charge on any atom is 0.497 e. The first-order valence-corrected chi connectivity index (χ1v) is 10.5. The summed E-state index contributed by atoms with van der Waals surface area (Å²) in [6, 6.07) is 3.91. The Labute approximate surface area is 179 Å². The minimum atomic E-state index is -1.49. The van der Waals surface area contributed by atoms with Gasteiger partial charge in [-0.2, -0.15) is 5.10 Å². The molecular weight excluding hydrogens is 410 g/mol. The Bertz CT molecular complexity index is 903. The zero-order chi connectivity index (χ0) is 22.9. The van der Waals surface area contributed by atoms with E-state index in [0.29, 0.717) is 11.2 Å². The van der Waals surface area contributed by atoms with Crippen LogP contribution in [0.5, 0.6) is 0 Å². The van der Waals surface area contributed by atoms with E-state index in [1.165, 1.54) is 29.1 Å². The lowest BCUT2D eigenvalue weighted by molar-refractivity contribution is 0.00578. The molecule has 1 aliphatic rings. The van der Waals surface area contributed by atoms with Gasteiger partial charge in [0.2, 0.25) is 0 Å². The number of halogens is 2. The molecular formula is C20H29BF2N3O3P. The van der Waals surface area contributed by atoms with Crippen molar-refractivity contribution >= 4 is 33.4 Å². The lowest BCUT2D eigenvalue weighted by atomic mass is 9.77. The first-order valence-electron chi connectivity index (χ1n) is 9.81. The molecule has 2 unspecified atom stereocenters. The van der Waals surface area contributed by atoms with Gasteiger partial charge in [-0.25, -0.2) is 8.78 Å². The van der Waals surface area contributed by atoms with Gasteiger partial charge in [0.25, 0.3) is 5.91 Å². The van der Waals surface area contributed by atoms with Crippen molar-refractivity contribution in [3.63, 3.8) is 0 Å². The number of hydrogen-bond donors (Lipinski definition) is 1. The second-order valence-electron chi connectivity index (χ2n) is 7.78. The van der Waals surface area contributed by atoms with Gasteiger partial charge in [0.05, 0.1) is 16.8 Å². The number of anilines is 1. The van der Waals surface area contributed by atoms with Crippen LogP contribution in [0.3, 0.4) is 0 Å². The molecule has 2 aromatic rings. The molecule has 0 spiro atoms. The van der Waals surface area contributed by atoms with Crippen molar-refractivity contribution in [3.8, 4) is 0 Å². The predicted molar refractivity (Wildman–Crippen MR) is 118 cm³/mol. The molecule has 10 heteroatoms. The Balaban J connectivity index is 0.00000155. The van der Waals surface area contributed by atoms with Gasteiger partial charge in [-0.3, -0.25) is 9.48 Å². The lowest BCUT2D eigenvalue weighted by Gasteiger charge is -2.32. The number of carbonyl (C=O) groups is 1. The van der Waals surface area contributed by atoms with Gasteiger partial charge >= 0.3 is 7.12 Å². The molecule has 1 aliphatic heterocycles. The Kier molecular flexibility index (Phi) is 7.43. The van der Waals surface area contributed by atoms with E-state index in [1.54, 1.807) is 7.05 Å². The van der Waals surface area contributed by atoms with E-state index < -0.39 is 36.0 Å². The molecule has 3 rings (SSSR count). The molecule has 2 heterocycles. The smallest absolute Gasteiger partial charge is 0.399 e. The number of benzene rings is 1. The van der Waals surface area contributed by atoms with Crippen LogP contribution in [0.15, 0.2) is 24.4 Å². The summed E-state index contributed by atoms with van der Waals surface area (Å²) in [4.78, 5) is 12.7. The van der Waals surface area contributed by atoms with Gasteiger partial charge in [-0.1, -0.05) is 23.1 Å². The van der Waals surface area contributed by atoms with Crippen LogP contribution in [0.4, 0.5) is 14.5 Å². The van der Waals surface area contributed by atoms with Crippen LogP contribution in [-0.4, -0.2) is 34.0 Å². The Morgan fingerprint density at radius 1 is 1.23 bits per heavy atom. The number of aromatic nitrogens is 2. The highest BCUT2D eigenvalue weighted by Gasteiger charge is 2.52. The van der Waals surface area contributed by atoms with Crippen LogP contribution in [0.25, 0.3) is 0 Å². The number of alkyl halides is 1. The zero-order valence-corrected chi connectivity index (χ0v) is 19.6. The van der Waals surface area contributed by atoms with Gasteiger partial charge in [-0.15, -0.1) is 0 Å². The highest BCUT2D eigenvalue weighted by molar-refractivity contribution is 7.16. The minimum Gasteiger partial charge on any atom is -0.399 e. The van der Waals surface area contributed by atoms with E-state index in [4.69, 9.17) is 9.31 Å². The van der Waals surface area contributed by atoms with Crippen LogP contribution in [-0.2, 0) is 16.4 Å². The lowest BCUT2D eigenvalue weighted by Crippen LogP contribution is -2.41. The van der Waals surface area contributed by atoms with Gasteiger partial charge < -0.3 is 14.6 Å². The molecule has 30 heavy (non-hydrogen) atoms. The SMILES string of the molecule is CC.Cn1cc(C(=O)Nc2ccc(F)cc2B2OC(C)(C)C(C)(C)O2)c(C(F)P)n1. The first-order chi connectivity index (χ1) is 13.9. The van der Waals surface area contributed by atoms with Gasteiger partial charge in [0.15, 0.2) is 5.91 Å². The second-order valence-corrected chi connectivity index (χ2v) is 8.36. The van der Waals surface area contributed by atoms with E-state index in [-0.39, 0.29) is 11.3 Å². The molecule has 0 aliphatic carbocycles. The highest BCUT2D eigenvalue weighted by Crippen LogP contribution is 2.37. The third kappa shape index (κ3) is 4.90. The predicted octanol–water partition coefficient (Wildman–Crippen LogP) is 3.98. The van der Waals surface area contributed by atoms with Crippen molar-refractivity contribution < 1.29 is 22.9 Å². The fourth-order valence-corrected chi connectivity index (χ4v) is 3.13. The number of rotatable bonds is 4. The largest absolute Gasteiger partial charge is 0.497 e. The van der Waals surface area contributed by atoms with E-state index in [2.05, 4.69) is 10.4 Å². The quantitative estimate of drug-likeness (QED) is 0.579. The summed E-state index contributed by atoms with van der Waals surface area (Å²) in [5.74, 6) is -2.53. The topological polar surface area (TPSA) is 65.4 Å².